The molecule has 2 heterocycles. The molecule has 1 amide bonds. The van der Waals surface area contributed by atoms with Crippen molar-refractivity contribution >= 4 is 23.2 Å². The number of amides is 1. The van der Waals surface area contributed by atoms with E-state index in [0.717, 1.165) is 18.5 Å². The number of thiazole rings is 1. The van der Waals surface area contributed by atoms with Crippen LogP contribution in [-0.4, -0.2) is 39.5 Å². The lowest BCUT2D eigenvalue weighted by Gasteiger charge is -2.22. The third-order valence-electron chi connectivity index (χ3n) is 2.99. The van der Waals surface area contributed by atoms with Crippen molar-refractivity contribution in [1.29, 1.82) is 0 Å². The van der Waals surface area contributed by atoms with Crippen LogP contribution in [0.3, 0.4) is 0 Å². The molecule has 1 fully saturated rings. The van der Waals surface area contributed by atoms with Gasteiger partial charge in [0.1, 0.15) is 4.88 Å². The molecule has 1 aromatic heterocycles. The summed E-state index contributed by atoms with van der Waals surface area (Å²) in [5.41, 5.74) is 2.37. The van der Waals surface area contributed by atoms with E-state index in [-0.39, 0.29) is 18.4 Å². The largest absolute Gasteiger partial charge is 0.481 e. The molecule has 1 aliphatic rings. The van der Waals surface area contributed by atoms with E-state index < -0.39 is 5.97 Å². The number of carbonyl (C=O) groups is 2. The minimum Gasteiger partial charge on any atom is -0.481 e. The normalized spacial score (nSPS) is 19.6. The zero-order valence-electron chi connectivity index (χ0n) is 9.55. The number of hydrogen-bond donors (Lipinski definition) is 1. The summed E-state index contributed by atoms with van der Waals surface area (Å²) in [6, 6.07) is -0.165. The van der Waals surface area contributed by atoms with Crippen LogP contribution in [0.25, 0.3) is 0 Å². The number of carbonyl (C=O) groups excluding carboxylic acids is 1. The van der Waals surface area contributed by atoms with Crippen molar-refractivity contribution in [3.05, 3.63) is 16.1 Å². The molecule has 0 aromatic carbocycles. The standard InChI is InChI=1S/C11H14N2O3S/c1-7-10(17-6-12-7)11(16)13-4-2-3-8(13)5-9(14)15/h6,8H,2-5H2,1H3,(H,14,15). The third-order valence-corrected chi connectivity index (χ3v) is 3.90. The Morgan fingerprint density at radius 3 is 3.00 bits per heavy atom. The van der Waals surface area contributed by atoms with Gasteiger partial charge in [-0.3, -0.25) is 9.59 Å². The van der Waals surface area contributed by atoms with Gasteiger partial charge in [0.2, 0.25) is 0 Å². The Labute approximate surface area is 103 Å². The van der Waals surface area contributed by atoms with E-state index in [0.29, 0.717) is 11.4 Å². The molecule has 0 saturated carbocycles. The molecule has 2 rings (SSSR count). The lowest BCUT2D eigenvalue weighted by atomic mass is 10.1. The first-order chi connectivity index (χ1) is 8.09. The number of nitrogens with zero attached hydrogens (tertiary/aromatic N) is 2. The minimum atomic E-state index is -0.851. The SMILES string of the molecule is Cc1ncsc1C(=O)N1CCCC1CC(=O)O. The quantitative estimate of drug-likeness (QED) is 0.888. The molecule has 0 aliphatic carbocycles. The summed E-state index contributed by atoms with van der Waals surface area (Å²) in [5.74, 6) is -0.926. The van der Waals surface area contributed by atoms with Gasteiger partial charge >= 0.3 is 5.97 Å². The molecule has 0 spiro atoms. The fourth-order valence-electron chi connectivity index (χ4n) is 2.15. The molecule has 0 radical (unpaired) electrons. The van der Waals surface area contributed by atoms with Gasteiger partial charge in [-0.1, -0.05) is 0 Å². The Hall–Kier alpha value is -1.43. The maximum absolute atomic E-state index is 12.2. The summed E-state index contributed by atoms with van der Waals surface area (Å²) in [6.45, 7) is 2.44. The lowest BCUT2D eigenvalue weighted by molar-refractivity contribution is -0.137. The van der Waals surface area contributed by atoms with Crippen LogP contribution in [0.4, 0.5) is 0 Å². The van der Waals surface area contributed by atoms with Crippen LogP contribution >= 0.6 is 11.3 Å². The summed E-state index contributed by atoms with van der Waals surface area (Å²) in [5, 5.41) is 8.81. The number of likely N-dealkylation sites (tertiary alicyclic amines) is 1. The molecule has 1 N–H and O–H groups in total. The van der Waals surface area contributed by atoms with Crippen molar-refractivity contribution in [3.63, 3.8) is 0 Å². The first-order valence-corrected chi connectivity index (χ1v) is 6.40. The average Bonchev–Trinajstić information content (AvgIpc) is 2.85. The van der Waals surface area contributed by atoms with Crippen molar-refractivity contribution in [2.45, 2.75) is 32.2 Å². The Morgan fingerprint density at radius 2 is 2.41 bits per heavy atom. The second kappa shape index (κ2) is 4.83. The Kier molecular flexibility index (Phi) is 3.42. The van der Waals surface area contributed by atoms with E-state index in [9.17, 15) is 9.59 Å². The molecule has 1 aromatic rings. The summed E-state index contributed by atoms with van der Waals surface area (Å²) in [4.78, 5) is 29.3. The number of aliphatic carboxylic acids is 1. The summed E-state index contributed by atoms with van der Waals surface area (Å²) < 4.78 is 0. The molecule has 17 heavy (non-hydrogen) atoms. The zero-order chi connectivity index (χ0) is 12.4. The highest BCUT2D eigenvalue weighted by atomic mass is 32.1. The second-order valence-corrected chi connectivity index (χ2v) is 5.01. The van der Waals surface area contributed by atoms with Gasteiger partial charge in [-0.2, -0.15) is 0 Å². The van der Waals surface area contributed by atoms with E-state index in [1.54, 1.807) is 17.3 Å². The maximum atomic E-state index is 12.2. The monoisotopic (exact) mass is 254 g/mol. The minimum absolute atomic E-state index is 0.0313. The first kappa shape index (κ1) is 12.0. The van der Waals surface area contributed by atoms with E-state index in [4.69, 9.17) is 5.11 Å². The molecule has 0 bridgehead atoms. The highest BCUT2D eigenvalue weighted by Crippen LogP contribution is 2.24. The molecule has 5 nitrogen and oxygen atoms in total. The Morgan fingerprint density at radius 1 is 1.65 bits per heavy atom. The molecular weight excluding hydrogens is 240 g/mol. The Balaban J connectivity index is 2.14. The zero-order valence-corrected chi connectivity index (χ0v) is 10.4. The van der Waals surface area contributed by atoms with Crippen molar-refractivity contribution in [2.24, 2.45) is 0 Å². The van der Waals surface area contributed by atoms with Crippen molar-refractivity contribution in [1.82, 2.24) is 9.88 Å². The summed E-state index contributed by atoms with van der Waals surface area (Å²) in [6.07, 6.45) is 1.68. The molecular formula is C11H14N2O3S. The number of rotatable bonds is 3. The molecule has 1 saturated heterocycles. The fourth-order valence-corrected chi connectivity index (χ4v) is 2.91. The average molecular weight is 254 g/mol. The third kappa shape index (κ3) is 2.46. The predicted molar refractivity (Wildman–Crippen MR) is 63.2 cm³/mol. The summed E-state index contributed by atoms with van der Waals surface area (Å²) >= 11 is 1.32. The number of carboxylic acids is 1. The predicted octanol–water partition coefficient (Wildman–Crippen LogP) is 1.53. The highest BCUT2D eigenvalue weighted by Gasteiger charge is 2.32. The van der Waals surface area contributed by atoms with Crippen molar-refractivity contribution < 1.29 is 14.7 Å². The highest BCUT2D eigenvalue weighted by molar-refractivity contribution is 7.11. The number of aryl methyl sites for hydroxylation is 1. The van der Waals surface area contributed by atoms with Crippen molar-refractivity contribution in [2.75, 3.05) is 6.54 Å². The summed E-state index contributed by atoms with van der Waals surface area (Å²) in [7, 11) is 0. The van der Waals surface area contributed by atoms with Crippen LogP contribution in [-0.2, 0) is 4.79 Å². The molecule has 1 aliphatic heterocycles. The fraction of sp³-hybridized carbons (Fsp3) is 0.545. The molecule has 1 unspecified atom stereocenters. The smallest absolute Gasteiger partial charge is 0.305 e. The number of hydrogen-bond acceptors (Lipinski definition) is 4. The van der Waals surface area contributed by atoms with Crippen molar-refractivity contribution in [3.8, 4) is 0 Å². The van der Waals surface area contributed by atoms with Crippen LogP contribution in [0.15, 0.2) is 5.51 Å². The van der Waals surface area contributed by atoms with Crippen LogP contribution in [0.2, 0.25) is 0 Å². The van der Waals surface area contributed by atoms with E-state index in [1.165, 1.54) is 11.3 Å². The van der Waals surface area contributed by atoms with Gasteiger partial charge in [0.25, 0.3) is 5.91 Å². The van der Waals surface area contributed by atoms with Gasteiger partial charge in [0, 0.05) is 12.6 Å². The van der Waals surface area contributed by atoms with Gasteiger partial charge in [0.15, 0.2) is 0 Å². The van der Waals surface area contributed by atoms with Gasteiger partial charge in [-0.25, -0.2) is 4.98 Å². The van der Waals surface area contributed by atoms with Crippen LogP contribution in [0.5, 0.6) is 0 Å². The molecule has 1 atom stereocenters. The van der Waals surface area contributed by atoms with Gasteiger partial charge in [0.05, 0.1) is 17.6 Å². The van der Waals surface area contributed by atoms with Crippen LogP contribution in [0.1, 0.15) is 34.6 Å². The van der Waals surface area contributed by atoms with E-state index >= 15 is 0 Å². The number of carboxylic acid groups (broad SMARTS) is 1. The van der Waals surface area contributed by atoms with E-state index in [1.807, 2.05) is 0 Å². The Bertz CT molecular complexity index is 444. The molecule has 6 heteroatoms. The van der Waals surface area contributed by atoms with Gasteiger partial charge in [-0.15, -0.1) is 11.3 Å². The first-order valence-electron chi connectivity index (χ1n) is 5.52. The van der Waals surface area contributed by atoms with E-state index in [2.05, 4.69) is 4.98 Å². The van der Waals surface area contributed by atoms with Gasteiger partial charge in [-0.05, 0) is 19.8 Å². The maximum Gasteiger partial charge on any atom is 0.305 e. The lowest BCUT2D eigenvalue weighted by Crippen LogP contribution is -2.36. The van der Waals surface area contributed by atoms with Gasteiger partial charge < -0.3 is 10.0 Å². The topological polar surface area (TPSA) is 70.5 Å². The van der Waals surface area contributed by atoms with Crippen LogP contribution < -0.4 is 0 Å². The van der Waals surface area contributed by atoms with Crippen LogP contribution in [0, 0.1) is 6.92 Å². The second-order valence-electron chi connectivity index (χ2n) is 4.16. The number of aromatic nitrogens is 1. The molecule has 92 valence electrons.